The van der Waals surface area contributed by atoms with E-state index in [4.69, 9.17) is 14.2 Å². The van der Waals surface area contributed by atoms with E-state index in [9.17, 15) is 33.6 Å². The van der Waals surface area contributed by atoms with Crippen molar-refractivity contribution in [1.82, 2.24) is 36.1 Å². The number of imidazole rings is 1. The molecule has 1 aromatic carbocycles. The first-order valence-electron chi connectivity index (χ1n) is 20.6. The summed E-state index contributed by atoms with van der Waals surface area (Å²) in [7, 11) is 2.94. The van der Waals surface area contributed by atoms with Crippen molar-refractivity contribution in [3.8, 4) is 0 Å². The first kappa shape index (κ1) is 48.9. The first-order valence-corrected chi connectivity index (χ1v) is 20.6. The zero-order valence-electron chi connectivity index (χ0n) is 36.6. The first-order chi connectivity index (χ1) is 28.1. The molecule has 1 aliphatic carbocycles. The van der Waals surface area contributed by atoms with E-state index in [0.29, 0.717) is 11.3 Å². The summed E-state index contributed by atoms with van der Waals surface area (Å²) >= 11 is 0. The van der Waals surface area contributed by atoms with Crippen LogP contribution in [0.1, 0.15) is 111 Å². The minimum atomic E-state index is -1.37. The number of carbonyl (C=O) groups is 7. The van der Waals surface area contributed by atoms with Crippen LogP contribution in [-0.4, -0.2) is 99.7 Å². The Morgan fingerprint density at radius 3 is 1.87 bits per heavy atom. The number of aromatic nitrogens is 2. The molecular weight excluding hydrogens is 775 g/mol. The lowest BCUT2D eigenvalue weighted by Crippen LogP contribution is -2.59. The van der Waals surface area contributed by atoms with Gasteiger partial charge < -0.3 is 45.4 Å². The highest BCUT2D eigenvalue weighted by molar-refractivity contribution is 5.96. The third-order valence-corrected chi connectivity index (χ3v) is 9.78. The van der Waals surface area contributed by atoms with E-state index in [1.807, 2.05) is 0 Å². The Kier molecular flexibility index (Phi) is 18.6. The molecule has 0 spiro atoms. The second-order valence-electron chi connectivity index (χ2n) is 17.4. The van der Waals surface area contributed by atoms with Crippen LogP contribution in [0.2, 0.25) is 0 Å². The predicted octanol–water partition coefficient (Wildman–Crippen LogP) is 3.32. The number of hydrogen-bond donors (Lipinski definition) is 5. The molecule has 0 bridgehead atoms. The van der Waals surface area contributed by atoms with Crippen LogP contribution in [0.25, 0.3) is 0 Å². The lowest BCUT2D eigenvalue weighted by atomic mass is 9.84. The van der Waals surface area contributed by atoms with Gasteiger partial charge in [0.05, 0.1) is 13.4 Å². The fourth-order valence-corrected chi connectivity index (χ4v) is 6.79. The standard InChI is InChI=1S/C43H65N7O10/c1-27(40(56)58-9)45-37(53)32(22-28-16-12-10-13-17-28)47-36(52)31(20-21-35(51)59-42(2,3)4)46-38(54)33(23-29-18-14-11-15-19-29)48-39(55)34(24-30-25-44-26-50(30)8)49-41(57)60-43(5,6)7/h10,12-13,16-17,25-27,29,31-34H,11,14-15,18-24H2,1-9H3,(H,45,53)(H,46,54)(H,47,52)(H,48,55)(H,49,57)/t27-,31+,32-,33-,34-/m0/s1. The largest absolute Gasteiger partial charge is 0.467 e. The van der Waals surface area contributed by atoms with E-state index >= 15 is 0 Å². The van der Waals surface area contributed by atoms with E-state index in [-0.39, 0.29) is 38.0 Å². The quantitative estimate of drug-likeness (QED) is 0.102. The van der Waals surface area contributed by atoms with Crippen LogP contribution in [-0.2, 0) is 62.9 Å². The molecule has 0 aliphatic heterocycles. The number of rotatable bonds is 19. The molecule has 0 radical (unpaired) electrons. The second-order valence-corrected chi connectivity index (χ2v) is 17.4. The molecular formula is C43H65N7O10. The Labute approximate surface area is 353 Å². The van der Waals surface area contributed by atoms with Crippen LogP contribution in [0.3, 0.4) is 0 Å². The van der Waals surface area contributed by atoms with Gasteiger partial charge in [0.2, 0.25) is 23.6 Å². The van der Waals surface area contributed by atoms with Gasteiger partial charge in [-0.3, -0.25) is 24.0 Å². The Morgan fingerprint density at radius 1 is 0.733 bits per heavy atom. The molecule has 17 nitrogen and oxygen atoms in total. The molecule has 1 saturated carbocycles. The minimum Gasteiger partial charge on any atom is -0.467 e. The molecule has 1 aliphatic rings. The number of ether oxygens (including phenoxy) is 3. The summed E-state index contributed by atoms with van der Waals surface area (Å²) in [5.41, 5.74) is -0.333. The van der Waals surface area contributed by atoms with Crippen LogP contribution in [0.4, 0.5) is 4.79 Å². The van der Waals surface area contributed by atoms with Gasteiger partial charge >= 0.3 is 18.0 Å². The van der Waals surface area contributed by atoms with Gasteiger partial charge in [-0.2, -0.15) is 0 Å². The number of methoxy groups -OCH3 is 1. The molecule has 0 unspecified atom stereocenters. The van der Waals surface area contributed by atoms with Crippen molar-refractivity contribution < 1.29 is 47.8 Å². The molecule has 1 fully saturated rings. The molecule has 5 N–H and O–H groups in total. The number of esters is 2. The number of aryl methyl sites for hydroxylation is 1. The fourth-order valence-electron chi connectivity index (χ4n) is 6.79. The Balaban J connectivity index is 1.96. The molecule has 0 saturated heterocycles. The Bertz CT molecular complexity index is 1760. The summed E-state index contributed by atoms with van der Waals surface area (Å²) in [5, 5.41) is 13.6. The molecule has 3 rings (SSSR count). The average molecular weight is 840 g/mol. The second kappa shape index (κ2) is 22.8. The van der Waals surface area contributed by atoms with Gasteiger partial charge in [0.1, 0.15) is 41.4 Å². The van der Waals surface area contributed by atoms with Crippen LogP contribution >= 0.6 is 0 Å². The number of carbonyl (C=O) groups excluding carboxylic acids is 7. The van der Waals surface area contributed by atoms with Gasteiger partial charge in [-0.05, 0) is 72.8 Å². The van der Waals surface area contributed by atoms with Crippen LogP contribution in [0.5, 0.6) is 0 Å². The van der Waals surface area contributed by atoms with E-state index in [1.54, 1.807) is 96.0 Å². The molecule has 5 atom stereocenters. The summed E-state index contributed by atoms with van der Waals surface area (Å²) < 4.78 is 17.4. The number of nitrogens with zero attached hydrogens (tertiary/aromatic N) is 2. The lowest BCUT2D eigenvalue weighted by molar-refractivity contribution is -0.155. The van der Waals surface area contributed by atoms with Crippen molar-refractivity contribution in [3.63, 3.8) is 0 Å². The number of amides is 5. The van der Waals surface area contributed by atoms with Crippen molar-refractivity contribution in [2.75, 3.05) is 7.11 Å². The summed E-state index contributed by atoms with van der Waals surface area (Å²) in [6, 6.07) is 2.96. The number of hydrogen-bond acceptors (Lipinski definition) is 11. The predicted molar refractivity (Wildman–Crippen MR) is 222 cm³/mol. The molecule has 5 amide bonds. The molecule has 1 aromatic heterocycles. The number of benzene rings is 1. The van der Waals surface area contributed by atoms with Gasteiger partial charge in [0, 0.05) is 38.2 Å². The van der Waals surface area contributed by atoms with Crippen LogP contribution in [0, 0.1) is 5.92 Å². The van der Waals surface area contributed by atoms with Crippen molar-refractivity contribution in [2.24, 2.45) is 13.0 Å². The van der Waals surface area contributed by atoms with E-state index in [0.717, 1.165) is 32.1 Å². The molecule has 17 heteroatoms. The van der Waals surface area contributed by atoms with Crippen LogP contribution in [0.15, 0.2) is 42.9 Å². The minimum absolute atomic E-state index is 0.0275. The van der Waals surface area contributed by atoms with Crippen molar-refractivity contribution in [1.29, 1.82) is 0 Å². The maximum atomic E-state index is 14.4. The van der Waals surface area contributed by atoms with Crippen LogP contribution < -0.4 is 26.6 Å². The van der Waals surface area contributed by atoms with Gasteiger partial charge in [0.15, 0.2) is 0 Å². The Hall–Kier alpha value is -5.48. The van der Waals surface area contributed by atoms with Gasteiger partial charge in [-0.25, -0.2) is 14.6 Å². The van der Waals surface area contributed by atoms with Crippen molar-refractivity contribution >= 4 is 41.7 Å². The zero-order valence-corrected chi connectivity index (χ0v) is 36.6. The monoisotopic (exact) mass is 839 g/mol. The average Bonchev–Trinajstić information content (AvgIpc) is 3.57. The van der Waals surface area contributed by atoms with E-state index < -0.39 is 83.1 Å². The van der Waals surface area contributed by atoms with Crippen molar-refractivity contribution in [3.05, 3.63) is 54.1 Å². The van der Waals surface area contributed by atoms with Gasteiger partial charge in [-0.1, -0.05) is 62.4 Å². The SMILES string of the molecule is COC(=O)[C@H](C)NC(=O)[C@H](Cc1ccccc1)NC(=O)[C@@H](CCC(=O)OC(C)(C)C)NC(=O)[C@H](CC1CCCCC1)NC(=O)[C@H](Cc1cncn1C)NC(=O)OC(C)(C)C. The number of nitrogens with one attached hydrogen (secondary N) is 5. The fraction of sp³-hybridized carbons (Fsp3) is 0.628. The van der Waals surface area contributed by atoms with E-state index in [2.05, 4.69) is 31.6 Å². The third kappa shape index (κ3) is 17.4. The van der Waals surface area contributed by atoms with E-state index in [1.165, 1.54) is 14.0 Å². The topological polar surface area (TPSA) is 225 Å². The highest BCUT2D eigenvalue weighted by atomic mass is 16.6. The van der Waals surface area contributed by atoms with Gasteiger partial charge in [0.25, 0.3) is 0 Å². The maximum absolute atomic E-state index is 14.4. The summed E-state index contributed by atoms with van der Waals surface area (Å²) in [4.78, 5) is 98.6. The van der Waals surface area contributed by atoms with Gasteiger partial charge in [-0.15, -0.1) is 0 Å². The zero-order chi connectivity index (χ0) is 44.6. The highest BCUT2D eigenvalue weighted by Gasteiger charge is 2.35. The molecule has 1 heterocycles. The summed E-state index contributed by atoms with van der Waals surface area (Å²) in [6.45, 7) is 11.6. The normalized spacial score (nSPS) is 15.8. The molecule has 332 valence electrons. The molecule has 60 heavy (non-hydrogen) atoms. The summed E-state index contributed by atoms with van der Waals surface area (Å²) in [5.74, 6) is -4.04. The third-order valence-electron chi connectivity index (χ3n) is 9.78. The van der Waals surface area contributed by atoms with Crippen molar-refractivity contribution in [2.45, 2.75) is 154 Å². The molecule has 2 aromatic rings. The lowest BCUT2D eigenvalue weighted by Gasteiger charge is -2.30. The highest BCUT2D eigenvalue weighted by Crippen LogP contribution is 2.28. The maximum Gasteiger partial charge on any atom is 0.408 e. The Morgan fingerprint density at radius 2 is 1.28 bits per heavy atom. The smallest absolute Gasteiger partial charge is 0.408 e. The number of alkyl carbamates (subject to hydrolysis) is 1. The summed E-state index contributed by atoms with van der Waals surface area (Å²) in [6.07, 6.45) is 6.75.